The lowest BCUT2D eigenvalue weighted by Crippen LogP contribution is -2.21. The van der Waals surface area contributed by atoms with E-state index in [1.54, 1.807) is 7.05 Å². The zero-order chi connectivity index (χ0) is 10.6. The SMILES string of the molecule is CNC(CCN)c1cc(F)ccc1F. The summed E-state index contributed by atoms with van der Waals surface area (Å²) in [4.78, 5) is 0. The first-order valence-electron chi connectivity index (χ1n) is 4.51. The van der Waals surface area contributed by atoms with Gasteiger partial charge in [0.2, 0.25) is 0 Å². The van der Waals surface area contributed by atoms with E-state index in [2.05, 4.69) is 5.32 Å². The van der Waals surface area contributed by atoms with Crippen LogP contribution in [-0.2, 0) is 0 Å². The van der Waals surface area contributed by atoms with Crippen molar-refractivity contribution in [3.63, 3.8) is 0 Å². The molecule has 1 aromatic rings. The number of halogens is 2. The summed E-state index contributed by atoms with van der Waals surface area (Å²) in [5.74, 6) is -0.835. The number of rotatable bonds is 4. The molecule has 1 unspecified atom stereocenters. The Kier molecular flexibility index (Phi) is 3.98. The Balaban J connectivity index is 2.96. The molecule has 1 aromatic carbocycles. The van der Waals surface area contributed by atoms with E-state index < -0.39 is 11.6 Å². The van der Waals surface area contributed by atoms with Gasteiger partial charge in [-0.3, -0.25) is 0 Å². The molecular weight excluding hydrogens is 186 g/mol. The van der Waals surface area contributed by atoms with Crippen LogP contribution in [0, 0.1) is 11.6 Å². The number of benzene rings is 1. The van der Waals surface area contributed by atoms with E-state index in [1.165, 1.54) is 6.07 Å². The highest BCUT2D eigenvalue weighted by atomic mass is 19.1. The first-order valence-corrected chi connectivity index (χ1v) is 4.51. The lowest BCUT2D eigenvalue weighted by atomic mass is 10.0. The maximum absolute atomic E-state index is 13.3. The summed E-state index contributed by atoms with van der Waals surface area (Å²) in [5, 5.41) is 2.90. The lowest BCUT2D eigenvalue weighted by Gasteiger charge is -2.16. The molecule has 0 aromatic heterocycles. The number of hydrogen-bond acceptors (Lipinski definition) is 2. The van der Waals surface area contributed by atoms with E-state index >= 15 is 0 Å². The number of nitrogens with two attached hydrogens (primary N) is 1. The van der Waals surface area contributed by atoms with E-state index in [4.69, 9.17) is 5.73 Å². The Morgan fingerprint density at radius 2 is 2.14 bits per heavy atom. The molecule has 0 heterocycles. The molecule has 0 aliphatic rings. The predicted molar refractivity (Wildman–Crippen MR) is 51.8 cm³/mol. The highest BCUT2D eigenvalue weighted by molar-refractivity contribution is 5.22. The minimum Gasteiger partial charge on any atom is -0.330 e. The molecule has 1 atom stereocenters. The van der Waals surface area contributed by atoms with Gasteiger partial charge in [-0.2, -0.15) is 0 Å². The Bertz CT molecular complexity index is 302. The normalized spacial score (nSPS) is 12.9. The second kappa shape index (κ2) is 5.02. The van der Waals surface area contributed by atoms with Gasteiger partial charge in [0.1, 0.15) is 11.6 Å². The maximum atomic E-state index is 13.3. The predicted octanol–water partition coefficient (Wildman–Crippen LogP) is 1.57. The molecule has 0 amide bonds. The standard InChI is InChI=1S/C10H14F2N2/c1-14-10(4-5-13)8-6-7(11)2-3-9(8)12/h2-3,6,10,14H,4-5,13H2,1H3. The zero-order valence-corrected chi connectivity index (χ0v) is 8.06. The van der Waals surface area contributed by atoms with Crippen molar-refractivity contribution in [3.8, 4) is 0 Å². The van der Waals surface area contributed by atoms with Gasteiger partial charge in [-0.05, 0) is 38.2 Å². The smallest absolute Gasteiger partial charge is 0.128 e. The van der Waals surface area contributed by atoms with Gasteiger partial charge < -0.3 is 11.1 Å². The van der Waals surface area contributed by atoms with Gasteiger partial charge >= 0.3 is 0 Å². The fourth-order valence-electron chi connectivity index (χ4n) is 1.40. The molecule has 0 fully saturated rings. The Hall–Kier alpha value is -1.00. The molecule has 78 valence electrons. The van der Waals surface area contributed by atoms with Crippen LogP contribution >= 0.6 is 0 Å². The summed E-state index contributed by atoms with van der Waals surface area (Å²) in [6.07, 6.45) is 0.580. The molecule has 0 bridgehead atoms. The second-order valence-electron chi connectivity index (χ2n) is 3.08. The van der Waals surface area contributed by atoms with Gasteiger partial charge in [-0.15, -0.1) is 0 Å². The molecule has 4 heteroatoms. The van der Waals surface area contributed by atoms with Crippen molar-refractivity contribution in [3.05, 3.63) is 35.4 Å². The summed E-state index contributed by atoms with van der Waals surface area (Å²) in [7, 11) is 1.70. The van der Waals surface area contributed by atoms with Crippen LogP contribution in [0.25, 0.3) is 0 Å². The van der Waals surface area contributed by atoms with Crippen LogP contribution in [0.3, 0.4) is 0 Å². The van der Waals surface area contributed by atoms with Gasteiger partial charge in [-0.25, -0.2) is 8.78 Å². The lowest BCUT2D eigenvalue weighted by molar-refractivity contribution is 0.505. The van der Waals surface area contributed by atoms with E-state index in [0.29, 0.717) is 18.5 Å². The molecular formula is C10H14F2N2. The van der Waals surface area contributed by atoms with Crippen molar-refractivity contribution in [1.29, 1.82) is 0 Å². The van der Waals surface area contributed by atoms with E-state index in [9.17, 15) is 8.78 Å². The average molecular weight is 200 g/mol. The Morgan fingerprint density at radius 3 is 2.71 bits per heavy atom. The monoisotopic (exact) mass is 200 g/mol. The van der Waals surface area contributed by atoms with Crippen LogP contribution in [-0.4, -0.2) is 13.6 Å². The number of hydrogen-bond donors (Lipinski definition) is 2. The van der Waals surface area contributed by atoms with Crippen LogP contribution in [0.4, 0.5) is 8.78 Å². The van der Waals surface area contributed by atoms with Gasteiger partial charge in [0.25, 0.3) is 0 Å². The summed E-state index contributed by atoms with van der Waals surface area (Å²) in [6.45, 7) is 0.432. The highest BCUT2D eigenvalue weighted by Crippen LogP contribution is 2.20. The van der Waals surface area contributed by atoms with E-state index in [1.807, 2.05) is 0 Å². The molecule has 2 nitrogen and oxygen atoms in total. The number of nitrogens with one attached hydrogen (secondary N) is 1. The molecule has 1 rings (SSSR count). The van der Waals surface area contributed by atoms with E-state index in [0.717, 1.165) is 12.1 Å². The minimum atomic E-state index is -0.432. The minimum absolute atomic E-state index is 0.226. The topological polar surface area (TPSA) is 38.0 Å². The van der Waals surface area contributed by atoms with Gasteiger partial charge in [0.15, 0.2) is 0 Å². The largest absolute Gasteiger partial charge is 0.330 e. The van der Waals surface area contributed by atoms with Crippen LogP contribution in [0.2, 0.25) is 0 Å². The third-order valence-corrected chi connectivity index (χ3v) is 2.14. The maximum Gasteiger partial charge on any atom is 0.128 e. The van der Waals surface area contributed by atoms with Gasteiger partial charge in [-0.1, -0.05) is 0 Å². The van der Waals surface area contributed by atoms with Crippen LogP contribution in [0.1, 0.15) is 18.0 Å². The molecule has 0 spiro atoms. The molecule has 0 aliphatic heterocycles. The Labute approximate surface area is 82.1 Å². The average Bonchev–Trinajstić information content (AvgIpc) is 2.18. The molecule has 0 saturated heterocycles. The molecule has 14 heavy (non-hydrogen) atoms. The van der Waals surface area contributed by atoms with Crippen LogP contribution < -0.4 is 11.1 Å². The Morgan fingerprint density at radius 1 is 1.43 bits per heavy atom. The van der Waals surface area contributed by atoms with Crippen molar-refractivity contribution >= 4 is 0 Å². The fraction of sp³-hybridized carbons (Fsp3) is 0.400. The summed E-state index contributed by atoms with van der Waals surface area (Å²) < 4.78 is 26.1. The first-order chi connectivity index (χ1) is 6.69. The quantitative estimate of drug-likeness (QED) is 0.774. The summed E-state index contributed by atoms with van der Waals surface area (Å²) >= 11 is 0. The molecule has 3 N–H and O–H groups in total. The highest BCUT2D eigenvalue weighted by Gasteiger charge is 2.13. The summed E-state index contributed by atoms with van der Waals surface area (Å²) in [5.41, 5.74) is 5.71. The first kappa shape index (κ1) is 11.1. The second-order valence-corrected chi connectivity index (χ2v) is 3.08. The van der Waals surface area contributed by atoms with Crippen molar-refractivity contribution in [1.82, 2.24) is 5.32 Å². The van der Waals surface area contributed by atoms with Gasteiger partial charge in [0.05, 0.1) is 0 Å². The third-order valence-electron chi connectivity index (χ3n) is 2.14. The van der Waals surface area contributed by atoms with Crippen molar-refractivity contribution in [2.45, 2.75) is 12.5 Å². The summed E-state index contributed by atoms with van der Waals surface area (Å²) in [6, 6.07) is 3.21. The zero-order valence-electron chi connectivity index (χ0n) is 8.06. The van der Waals surface area contributed by atoms with Crippen LogP contribution in [0.15, 0.2) is 18.2 Å². The van der Waals surface area contributed by atoms with Crippen LogP contribution in [0.5, 0.6) is 0 Å². The van der Waals surface area contributed by atoms with Crippen molar-refractivity contribution in [2.24, 2.45) is 5.73 Å². The third kappa shape index (κ3) is 2.49. The van der Waals surface area contributed by atoms with Gasteiger partial charge in [0, 0.05) is 11.6 Å². The van der Waals surface area contributed by atoms with E-state index in [-0.39, 0.29) is 6.04 Å². The van der Waals surface area contributed by atoms with Crippen molar-refractivity contribution in [2.75, 3.05) is 13.6 Å². The van der Waals surface area contributed by atoms with Crippen molar-refractivity contribution < 1.29 is 8.78 Å². The molecule has 0 aliphatic carbocycles. The molecule has 0 saturated carbocycles. The fourth-order valence-corrected chi connectivity index (χ4v) is 1.40. The molecule has 0 radical (unpaired) electrons.